The molecule has 1 atom stereocenters. The van der Waals surface area contributed by atoms with Gasteiger partial charge >= 0.3 is 5.97 Å². The monoisotopic (exact) mass is 282 g/mol. The van der Waals surface area contributed by atoms with E-state index in [2.05, 4.69) is 11.8 Å². The third kappa shape index (κ3) is 4.08. The van der Waals surface area contributed by atoms with E-state index < -0.39 is 5.97 Å². The van der Waals surface area contributed by atoms with Crippen molar-refractivity contribution in [3.8, 4) is 11.8 Å². The standard InChI is InChI=1S/C18H18O3/c1-13-5-4-8-17(19)16(13)7-3-2-6-14-9-11-15(12-10-14)18(20)21/h3,7,9-12,17,19H,4-5,8H2,1H3,(H,20,21)/b7-3+. The molecule has 1 aliphatic rings. The molecule has 0 radical (unpaired) electrons. The van der Waals surface area contributed by atoms with Gasteiger partial charge in [0.25, 0.3) is 0 Å². The van der Waals surface area contributed by atoms with Gasteiger partial charge in [-0.15, -0.1) is 0 Å². The van der Waals surface area contributed by atoms with Crippen molar-refractivity contribution < 1.29 is 15.0 Å². The molecular weight excluding hydrogens is 264 g/mol. The molecule has 0 saturated carbocycles. The van der Waals surface area contributed by atoms with Crippen LogP contribution >= 0.6 is 0 Å². The number of aromatic carboxylic acids is 1. The Labute approximate surface area is 124 Å². The molecule has 0 heterocycles. The van der Waals surface area contributed by atoms with E-state index in [0.717, 1.165) is 30.4 Å². The summed E-state index contributed by atoms with van der Waals surface area (Å²) in [5, 5.41) is 18.7. The van der Waals surface area contributed by atoms with Crippen molar-refractivity contribution in [1.82, 2.24) is 0 Å². The molecule has 0 spiro atoms. The minimum Gasteiger partial charge on any atom is -0.478 e. The molecule has 21 heavy (non-hydrogen) atoms. The van der Waals surface area contributed by atoms with Crippen LogP contribution in [0.4, 0.5) is 0 Å². The second-order valence-electron chi connectivity index (χ2n) is 5.13. The van der Waals surface area contributed by atoms with E-state index in [1.165, 1.54) is 17.7 Å². The number of hydrogen-bond donors (Lipinski definition) is 2. The first-order valence-electron chi connectivity index (χ1n) is 6.97. The molecule has 3 heteroatoms. The fourth-order valence-corrected chi connectivity index (χ4v) is 2.35. The number of aliphatic hydroxyl groups is 1. The summed E-state index contributed by atoms with van der Waals surface area (Å²) in [4.78, 5) is 10.7. The maximum atomic E-state index is 10.7. The highest BCUT2D eigenvalue weighted by Crippen LogP contribution is 2.25. The molecule has 1 aromatic rings. The Morgan fingerprint density at radius 1 is 1.33 bits per heavy atom. The van der Waals surface area contributed by atoms with Gasteiger partial charge in [0.15, 0.2) is 0 Å². The van der Waals surface area contributed by atoms with E-state index in [1.54, 1.807) is 18.2 Å². The zero-order chi connectivity index (χ0) is 15.2. The summed E-state index contributed by atoms with van der Waals surface area (Å²) < 4.78 is 0. The molecule has 0 fully saturated rings. The molecule has 0 aromatic heterocycles. The molecule has 1 aliphatic carbocycles. The fourth-order valence-electron chi connectivity index (χ4n) is 2.35. The molecule has 1 aromatic carbocycles. The van der Waals surface area contributed by atoms with Crippen LogP contribution in [-0.2, 0) is 0 Å². The van der Waals surface area contributed by atoms with Gasteiger partial charge in [0, 0.05) is 5.56 Å². The largest absolute Gasteiger partial charge is 0.478 e. The van der Waals surface area contributed by atoms with Crippen molar-refractivity contribution in [3.05, 3.63) is 58.7 Å². The van der Waals surface area contributed by atoms with Gasteiger partial charge < -0.3 is 10.2 Å². The van der Waals surface area contributed by atoms with Crippen LogP contribution in [-0.4, -0.2) is 22.3 Å². The van der Waals surface area contributed by atoms with Crippen molar-refractivity contribution in [2.24, 2.45) is 0 Å². The fraction of sp³-hybridized carbons (Fsp3) is 0.278. The van der Waals surface area contributed by atoms with Crippen molar-refractivity contribution in [2.75, 3.05) is 0 Å². The Balaban J connectivity index is 2.06. The van der Waals surface area contributed by atoms with E-state index in [9.17, 15) is 9.90 Å². The van der Waals surface area contributed by atoms with Crippen LogP contribution in [0, 0.1) is 11.8 Å². The maximum absolute atomic E-state index is 10.7. The van der Waals surface area contributed by atoms with Crippen LogP contribution in [0.3, 0.4) is 0 Å². The van der Waals surface area contributed by atoms with Crippen LogP contribution in [0.1, 0.15) is 42.1 Å². The molecule has 0 amide bonds. The van der Waals surface area contributed by atoms with Gasteiger partial charge in [-0.2, -0.15) is 0 Å². The second-order valence-corrected chi connectivity index (χ2v) is 5.13. The van der Waals surface area contributed by atoms with E-state index >= 15 is 0 Å². The van der Waals surface area contributed by atoms with Gasteiger partial charge in [0.05, 0.1) is 11.7 Å². The summed E-state index contributed by atoms with van der Waals surface area (Å²) in [6, 6.07) is 6.44. The van der Waals surface area contributed by atoms with Crippen LogP contribution in [0.2, 0.25) is 0 Å². The number of carboxylic acids is 1. The summed E-state index contributed by atoms with van der Waals surface area (Å²) >= 11 is 0. The third-order valence-electron chi connectivity index (χ3n) is 3.58. The molecule has 0 bridgehead atoms. The normalized spacial score (nSPS) is 18.5. The third-order valence-corrected chi connectivity index (χ3v) is 3.58. The van der Waals surface area contributed by atoms with Gasteiger partial charge in [0.2, 0.25) is 0 Å². The van der Waals surface area contributed by atoms with Gasteiger partial charge in [-0.3, -0.25) is 0 Å². The van der Waals surface area contributed by atoms with Crippen LogP contribution in [0.5, 0.6) is 0 Å². The Morgan fingerprint density at radius 2 is 2.05 bits per heavy atom. The van der Waals surface area contributed by atoms with Gasteiger partial charge in [-0.1, -0.05) is 17.4 Å². The summed E-state index contributed by atoms with van der Waals surface area (Å²) in [5.41, 5.74) is 3.20. The SMILES string of the molecule is CC1=C(/C=C/C#Cc2ccc(C(=O)O)cc2)C(O)CCC1. The lowest BCUT2D eigenvalue weighted by Gasteiger charge is -2.20. The smallest absolute Gasteiger partial charge is 0.335 e. The molecule has 0 aliphatic heterocycles. The Bertz CT molecular complexity index is 639. The molecule has 3 nitrogen and oxygen atoms in total. The van der Waals surface area contributed by atoms with Crippen molar-refractivity contribution in [2.45, 2.75) is 32.3 Å². The quantitative estimate of drug-likeness (QED) is 0.819. The Hall–Kier alpha value is -2.31. The first-order chi connectivity index (χ1) is 10.1. The molecule has 108 valence electrons. The number of carboxylic acid groups (broad SMARTS) is 1. The zero-order valence-electron chi connectivity index (χ0n) is 12.0. The minimum absolute atomic E-state index is 0.252. The van der Waals surface area contributed by atoms with Gasteiger partial charge in [0.1, 0.15) is 0 Å². The first kappa shape index (κ1) is 15.1. The molecule has 0 saturated heterocycles. The minimum atomic E-state index is -0.942. The van der Waals surface area contributed by atoms with E-state index in [-0.39, 0.29) is 11.7 Å². The maximum Gasteiger partial charge on any atom is 0.335 e. The topological polar surface area (TPSA) is 57.5 Å². The Morgan fingerprint density at radius 3 is 2.67 bits per heavy atom. The van der Waals surface area contributed by atoms with Crippen LogP contribution in [0.25, 0.3) is 0 Å². The average Bonchev–Trinajstić information content (AvgIpc) is 2.46. The summed E-state index contributed by atoms with van der Waals surface area (Å²) in [6.07, 6.45) is 6.09. The van der Waals surface area contributed by atoms with Crippen molar-refractivity contribution >= 4 is 5.97 Å². The molecule has 2 rings (SSSR count). The summed E-state index contributed by atoms with van der Waals surface area (Å²) in [5.74, 6) is 4.92. The van der Waals surface area contributed by atoms with Crippen LogP contribution in [0.15, 0.2) is 47.6 Å². The van der Waals surface area contributed by atoms with Crippen LogP contribution < -0.4 is 0 Å². The van der Waals surface area contributed by atoms with E-state index in [1.807, 2.05) is 13.0 Å². The lowest BCUT2D eigenvalue weighted by Crippen LogP contribution is -2.14. The molecular formula is C18H18O3. The number of carbonyl (C=O) groups is 1. The van der Waals surface area contributed by atoms with Crippen molar-refractivity contribution in [3.63, 3.8) is 0 Å². The summed E-state index contributed by atoms with van der Waals surface area (Å²) in [6.45, 7) is 2.04. The van der Waals surface area contributed by atoms with E-state index in [0.29, 0.717) is 0 Å². The first-order valence-corrected chi connectivity index (χ1v) is 6.97. The number of hydrogen-bond acceptors (Lipinski definition) is 2. The molecule has 2 N–H and O–H groups in total. The van der Waals surface area contributed by atoms with E-state index in [4.69, 9.17) is 5.11 Å². The van der Waals surface area contributed by atoms with Gasteiger partial charge in [-0.05, 0) is 68.2 Å². The zero-order valence-corrected chi connectivity index (χ0v) is 12.0. The lowest BCUT2D eigenvalue weighted by molar-refractivity contribution is 0.0697. The lowest BCUT2D eigenvalue weighted by atomic mass is 9.90. The Kier molecular flexibility index (Phi) is 4.97. The summed E-state index contributed by atoms with van der Waals surface area (Å²) in [7, 11) is 0. The highest BCUT2D eigenvalue weighted by Gasteiger charge is 2.15. The highest BCUT2D eigenvalue weighted by atomic mass is 16.4. The molecule has 1 unspecified atom stereocenters. The average molecular weight is 282 g/mol. The predicted octanol–water partition coefficient (Wildman–Crippen LogP) is 3.15. The predicted molar refractivity (Wildman–Crippen MR) is 82.0 cm³/mol. The van der Waals surface area contributed by atoms with Gasteiger partial charge in [-0.25, -0.2) is 4.79 Å². The highest BCUT2D eigenvalue weighted by molar-refractivity contribution is 5.87. The number of allylic oxidation sites excluding steroid dienone is 2. The second kappa shape index (κ2) is 6.92. The number of aliphatic hydroxyl groups excluding tert-OH is 1. The number of benzene rings is 1. The van der Waals surface area contributed by atoms with Crippen molar-refractivity contribution in [1.29, 1.82) is 0 Å². The number of rotatable bonds is 2.